The summed E-state index contributed by atoms with van der Waals surface area (Å²) < 4.78 is 1.82. The van der Waals surface area contributed by atoms with Gasteiger partial charge in [0.15, 0.2) is 0 Å². The maximum Gasteiger partial charge on any atom is 0.326 e. The van der Waals surface area contributed by atoms with E-state index in [1.54, 1.807) is 56.8 Å². The van der Waals surface area contributed by atoms with Crippen LogP contribution in [0.2, 0.25) is 0 Å². The van der Waals surface area contributed by atoms with Crippen LogP contribution < -0.4 is 5.32 Å². The molecule has 0 fully saturated rings. The van der Waals surface area contributed by atoms with Gasteiger partial charge in [0.05, 0.1) is 6.33 Å². The van der Waals surface area contributed by atoms with Gasteiger partial charge in [-0.15, -0.1) is 0 Å². The molecule has 0 aliphatic carbocycles. The van der Waals surface area contributed by atoms with Crippen LogP contribution in [0.5, 0.6) is 0 Å². The van der Waals surface area contributed by atoms with E-state index in [9.17, 15) is 9.59 Å². The normalized spacial score (nSPS) is 12.1. The first kappa shape index (κ1) is 14.8. The number of rotatable bonds is 5. The average Bonchev–Trinajstić information content (AvgIpc) is 2.98. The number of carbonyl (C=O) groups is 2. The number of benzene rings is 1. The van der Waals surface area contributed by atoms with Crippen molar-refractivity contribution in [1.82, 2.24) is 14.9 Å². The molecule has 0 aliphatic heterocycles. The van der Waals surface area contributed by atoms with E-state index in [2.05, 4.69) is 10.3 Å². The molecular formula is C15H17N3O3. The largest absolute Gasteiger partial charge is 0.480 e. The lowest BCUT2D eigenvalue weighted by Gasteiger charge is -2.17. The molecule has 21 heavy (non-hydrogen) atoms. The smallest absolute Gasteiger partial charge is 0.326 e. The van der Waals surface area contributed by atoms with E-state index in [1.165, 1.54) is 0 Å². The van der Waals surface area contributed by atoms with Gasteiger partial charge in [0.2, 0.25) is 0 Å². The topological polar surface area (TPSA) is 84.2 Å². The van der Waals surface area contributed by atoms with Gasteiger partial charge in [-0.25, -0.2) is 9.78 Å². The van der Waals surface area contributed by atoms with Crippen molar-refractivity contribution >= 4 is 11.9 Å². The highest BCUT2D eigenvalue weighted by Gasteiger charge is 2.23. The molecule has 1 aromatic heterocycles. The summed E-state index contributed by atoms with van der Waals surface area (Å²) in [5.41, 5.74) is 1.30. The Morgan fingerprint density at radius 2 is 1.90 bits per heavy atom. The summed E-state index contributed by atoms with van der Waals surface area (Å²) in [6.07, 6.45) is 5.13. The number of nitrogens with zero attached hydrogens (tertiary/aromatic N) is 2. The quantitative estimate of drug-likeness (QED) is 0.876. The van der Waals surface area contributed by atoms with Gasteiger partial charge in [0.25, 0.3) is 5.91 Å². The van der Waals surface area contributed by atoms with Crippen LogP contribution in [0, 0.1) is 5.92 Å². The highest BCUT2D eigenvalue weighted by molar-refractivity contribution is 5.96. The third kappa shape index (κ3) is 3.47. The van der Waals surface area contributed by atoms with Gasteiger partial charge in [-0.2, -0.15) is 0 Å². The summed E-state index contributed by atoms with van der Waals surface area (Å²) in [7, 11) is 0. The fourth-order valence-corrected chi connectivity index (χ4v) is 1.93. The number of amides is 1. The maximum absolute atomic E-state index is 12.1. The van der Waals surface area contributed by atoms with Crippen molar-refractivity contribution in [3.63, 3.8) is 0 Å². The van der Waals surface area contributed by atoms with Crippen molar-refractivity contribution in [3.05, 3.63) is 48.5 Å². The molecule has 1 amide bonds. The minimum atomic E-state index is -1.03. The van der Waals surface area contributed by atoms with Crippen LogP contribution in [0.1, 0.15) is 24.2 Å². The Morgan fingerprint density at radius 1 is 1.24 bits per heavy atom. The van der Waals surface area contributed by atoms with Crippen LogP contribution in [0.25, 0.3) is 5.69 Å². The molecule has 0 saturated heterocycles. The molecule has 0 spiro atoms. The van der Waals surface area contributed by atoms with Gasteiger partial charge in [-0.1, -0.05) is 13.8 Å². The molecule has 1 atom stereocenters. The number of carboxylic acid groups (broad SMARTS) is 1. The summed E-state index contributed by atoms with van der Waals surface area (Å²) >= 11 is 0. The number of aromatic nitrogens is 2. The molecule has 2 N–H and O–H groups in total. The van der Waals surface area contributed by atoms with E-state index >= 15 is 0 Å². The first-order valence-electron chi connectivity index (χ1n) is 6.61. The molecule has 0 bridgehead atoms. The SMILES string of the molecule is CC(C)C(NC(=O)c1ccc(-n2ccnc2)cc1)C(=O)O. The van der Waals surface area contributed by atoms with Crippen LogP contribution in [0.4, 0.5) is 0 Å². The number of nitrogens with one attached hydrogen (secondary N) is 1. The summed E-state index contributed by atoms with van der Waals surface area (Å²) in [4.78, 5) is 27.1. The molecule has 2 aromatic rings. The lowest BCUT2D eigenvalue weighted by atomic mass is 10.0. The number of carbonyl (C=O) groups excluding carboxylic acids is 1. The molecule has 2 rings (SSSR count). The standard InChI is InChI=1S/C15H17N3O3/c1-10(2)13(15(20)21)17-14(19)11-3-5-12(6-4-11)18-8-7-16-9-18/h3-10,13H,1-2H3,(H,17,19)(H,20,21). The monoisotopic (exact) mass is 287 g/mol. The van der Waals surface area contributed by atoms with Gasteiger partial charge < -0.3 is 15.0 Å². The Labute approximate surface area is 122 Å². The van der Waals surface area contributed by atoms with E-state index in [0.717, 1.165) is 5.69 Å². The Hall–Kier alpha value is -2.63. The second-order valence-corrected chi connectivity index (χ2v) is 5.05. The van der Waals surface area contributed by atoms with Gasteiger partial charge in [-0.05, 0) is 30.2 Å². The van der Waals surface area contributed by atoms with Gasteiger partial charge >= 0.3 is 5.97 Å². The van der Waals surface area contributed by atoms with Crippen molar-refractivity contribution in [3.8, 4) is 5.69 Å². The van der Waals surface area contributed by atoms with Crippen molar-refractivity contribution in [2.75, 3.05) is 0 Å². The average molecular weight is 287 g/mol. The van der Waals surface area contributed by atoms with E-state index in [0.29, 0.717) is 5.56 Å². The van der Waals surface area contributed by atoms with E-state index in [1.807, 2.05) is 4.57 Å². The second kappa shape index (κ2) is 6.21. The summed E-state index contributed by atoms with van der Waals surface area (Å²) in [6.45, 7) is 3.50. The Kier molecular flexibility index (Phi) is 4.37. The van der Waals surface area contributed by atoms with E-state index < -0.39 is 17.9 Å². The lowest BCUT2D eigenvalue weighted by molar-refractivity contribution is -0.140. The molecule has 6 nitrogen and oxygen atoms in total. The summed E-state index contributed by atoms with van der Waals surface area (Å²) in [5.74, 6) is -1.61. The summed E-state index contributed by atoms with van der Waals surface area (Å²) in [6, 6.07) is 5.97. The third-order valence-corrected chi connectivity index (χ3v) is 3.15. The van der Waals surface area contributed by atoms with Crippen LogP contribution in [0.15, 0.2) is 43.0 Å². The number of hydrogen-bond acceptors (Lipinski definition) is 3. The van der Waals surface area contributed by atoms with Crippen LogP contribution in [-0.4, -0.2) is 32.6 Å². The highest BCUT2D eigenvalue weighted by atomic mass is 16.4. The zero-order chi connectivity index (χ0) is 15.4. The first-order chi connectivity index (χ1) is 9.99. The number of carboxylic acids is 1. The van der Waals surface area contributed by atoms with Crippen LogP contribution >= 0.6 is 0 Å². The molecule has 6 heteroatoms. The fourth-order valence-electron chi connectivity index (χ4n) is 1.93. The Bertz CT molecular complexity index is 618. The van der Waals surface area contributed by atoms with Crippen molar-refractivity contribution in [2.45, 2.75) is 19.9 Å². The molecule has 1 unspecified atom stereocenters. The molecule has 1 aromatic carbocycles. The highest BCUT2D eigenvalue weighted by Crippen LogP contribution is 2.10. The van der Waals surface area contributed by atoms with Gasteiger partial charge in [0, 0.05) is 23.6 Å². The lowest BCUT2D eigenvalue weighted by Crippen LogP contribution is -2.44. The number of imidazole rings is 1. The van der Waals surface area contributed by atoms with Gasteiger partial charge in [0.1, 0.15) is 6.04 Å². The van der Waals surface area contributed by atoms with Crippen molar-refractivity contribution in [2.24, 2.45) is 5.92 Å². The zero-order valence-corrected chi connectivity index (χ0v) is 11.9. The van der Waals surface area contributed by atoms with E-state index in [-0.39, 0.29) is 5.92 Å². The molecule has 0 aliphatic rings. The first-order valence-corrected chi connectivity index (χ1v) is 6.61. The minimum Gasteiger partial charge on any atom is -0.480 e. The minimum absolute atomic E-state index is 0.184. The maximum atomic E-state index is 12.1. The third-order valence-electron chi connectivity index (χ3n) is 3.15. The Balaban J connectivity index is 2.11. The predicted octanol–water partition coefficient (Wildman–Crippen LogP) is 1.71. The van der Waals surface area contributed by atoms with Crippen LogP contribution in [0.3, 0.4) is 0 Å². The molecule has 1 heterocycles. The Morgan fingerprint density at radius 3 is 2.38 bits per heavy atom. The summed E-state index contributed by atoms with van der Waals surface area (Å²) in [5, 5.41) is 11.6. The van der Waals surface area contributed by atoms with Gasteiger partial charge in [-0.3, -0.25) is 4.79 Å². The molecule has 0 radical (unpaired) electrons. The second-order valence-electron chi connectivity index (χ2n) is 5.05. The van der Waals surface area contributed by atoms with Crippen molar-refractivity contribution in [1.29, 1.82) is 0 Å². The molecule has 0 saturated carbocycles. The zero-order valence-electron chi connectivity index (χ0n) is 11.9. The number of hydrogen-bond donors (Lipinski definition) is 2. The van der Waals surface area contributed by atoms with E-state index in [4.69, 9.17) is 5.11 Å². The molecular weight excluding hydrogens is 270 g/mol. The number of aliphatic carboxylic acids is 1. The predicted molar refractivity (Wildman–Crippen MR) is 77.3 cm³/mol. The molecule has 110 valence electrons. The van der Waals surface area contributed by atoms with Crippen LogP contribution in [-0.2, 0) is 4.79 Å². The van der Waals surface area contributed by atoms with Crippen molar-refractivity contribution < 1.29 is 14.7 Å². The fraction of sp³-hybridized carbons (Fsp3) is 0.267.